The largest absolute Gasteiger partial charge is 0.444 e. The molecule has 188 valence electrons. The summed E-state index contributed by atoms with van der Waals surface area (Å²) in [5.74, 6) is -0.239. The highest BCUT2D eigenvalue weighted by atomic mass is 16.6. The van der Waals surface area contributed by atoms with Crippen molar-refractivity contribution in [3.63, 3.8) is 0 Å². The summed E-state index contributed by atoms with van der Waals surface area (Å²) >= 11 is 0. The molecule has 0 unspecified atom stereocenters. The van der Waals surface area contributed by atoms with E-state index in [4.69, 9.17) is 9.72 Å². The third-order valence-corrected chi connectivity index (χ3v) is 7.79. The number of carbonyl (C=O) groups excluding carboxylic acids is 3. The number of anilines is 1. The summed E-state index contributed by atoms with van der Waals surface area (Å²) in [4.78, 5) is 44.2. The second kappa shape index (κ2) is 8.84. The van der Waals surface area contributed by atoms with Crippen molar-refractivity contribution in [2.24, 2.45) is 5.41 Å². The van der Waals surface area contributed by atoms with E-state index in [0.717, 1.165) is 62.6 Å². The van der Waals surface area contributed by atoms with Crippen LogP contribution < -0.4 is 10.2 Å². The number of urea groups is 1. The number of carbonyl (C=O) groups is 3. The summed E-state index contributed by atoms with van der Waals surface area (Å²) in [6.45, 7) is 7.63. The minimum atomic E-state index is -0.460. The average molecular weight is 482 g/mol. The Morgan fingerprint density at radius 3 is 2.49 bits per heavy atom. The van der Waals surface area contributed by atoms with Gasteiger partial charge in [-0.3, -0.25) is 15.0 Å². The number of rotatable bonds is 2. The number of fused-ring (bicyclic) bond motifs is 1. The van der Waals surface area contributed by atoms with Crippen molar-refractivity contribution < 1.29 is 19.1 Å². The van der Waals surface area contributed by atoms with E-state index in [9.17, 15) is 14.4 Å². The molecule has 1 spiro atoms. The molecule has 5 rings (SSSR count). The molecule has 35 heavy (non-hydrogen) atoms. The Hall–Kier alpha value is -3.10. The lowest BCUT2D eigenvalue weighted by Gasteiger charge is -2.46. The lowest BCUT2D eigenvalue weighted by atomic mass is 9.67. The molecule has 3 aliphatic rings. The number of hydrogen-bond donors (Lipinski definition) is 1. The molecule has 1 aliphatic carbocycles. The molecule has 0 radical (unpaired) electrons. The first-order valence-corrected chi connectivity index (χ1v) is 12.7. The SMILES string of the molecule is CC(C)(C)OC(=O)N1CCC2(CCC(n3ccc4cc(N5CCC(=O)NC5=O)cnc43)CC2)CC1. The molecule has 2 saturated heterocycles. The van der Waals surface area contributed by atoms with Gasteiger partial charge in [-0.15, -0.1) is 0 Å². The second-order valence-corrected chi connectivity index (χ2v) is 11.3. The van der Waals surface area contributed by atoms with Crippen LogP contribution in [0, 0.1) is 5.41 Å². The Bertz CT molecular complexity index is 1130. The van der Waals surface area contributed by atoms with Gasteiger partial charge in [-0.05, 0) is 76.8 Å². The van der Waals surface area contributed by atoms with E-state index in [1.807, 2.05) is 31.7 Å². The van der Waals surface area contributed by atoms with Gasteiger partial charge in [-0.25, -0.2) is 14.6 Å². The highest BCUT2D eigenvalue weighted by Gasteiger charge is 2.40. The first-order valence-electron chi connectivity index (χ1n) is 12.7. The van der Waals surface area contributed by atoms with E-state index in [2.05, 4.69) is 22.1 Å². The van der Waals surface area contributed by atoms with E-state index >= 15 is 0 Å². The molecule has 1 saturated carbocycles. The molecule has 0 aromatic carbocycles. The van der Waals surface area contributed by atoms with Crippen molar-refractivity contribution in [1.82, 2.24) is 19.8 Å². The number of imide groups is 1. The molecule has 4 heterocycles. The van der Waals surface area contributed by atoms with Crippen molar-refractivity contribution >= 4 is 34.8 Å². The minimum absolute atomic E-state index is 0.195. The Morgan fingerprint density at radius 1 is 1.11 bits per heavy atom. The summed E-state index contributed by atoms with van der Waals surface area (Å²) in [6.07, 6.45) is 10.5. The van der Waals surface area contributed by atoms with Crippen LogP contribution in [0.1, 0.15) is 71.8 Å². The molecule has 0 bridgehead atoms. The van der Waals surface area contributed by atoms with Crippen LogP contribution in [0.15, 0.2) is 24.5 Å². The summed E-state index contributed by atoms with van der Waals surface area (Å²) in [5.41, 5.74) is 1.50. The highest BCUT2D eigenvalue weighted by molar-refractivity contribution is 6.06. The number of nitrogens with one attached hydrogen (secondary N) is 1. The fourth-order valence-electron chi connectivity index (χ4n) is 5.77. The molecule has 2 aliphatic heterocycles. The fourth-order valence-corrected chi connectivity index (χ4v) is 5.77. The van der Waals surface area contributed by atoms with Gasteiger partial charge in [0.25, 0.3) is 0 Å². The summed E-state index contributed by atoms with van der Waals surface area (Å²) in [6, 6.07) is 4.04. The van der Waals surface area contributed by atoms with Crippen LogP contribution >= 0.6 is 0 Å². The normalized spacial score (nSPS) is 21.5. The first kappa shape index (κ1) is 23.6. The molecule has 9 heteroatoms. The van der Waals surface area contributed by atoms with Gasteiger partial charge in [-0.1, -0.05) is 0 Å². The Balaban J connectivity index is 1.21. The molecule has 0 atom stereocenters. The van der Waals surface area contributed by atoms with E-state index in [0.29, 0.717) is 30.1 Å². The van der Waals surface area contributed by atoms with Gasteiger partial charge in [0.1, 0.15) is 11.2 Å². The Labute approximate surface area is 205 Å². The highest BCUT2D eigenvalue weighted by Crippen LogP contribution is 2.48. The van der Waals surface area contributed by atoms with Crippen LogP contribution in [-0.2, 0) is 9.53 Å². The van der Waals surface area contributed by atoms with E-state index in [-0.39, 0.29) is 12.0 Å². The predicted octanol–water partition coefficient (Wildman–Crippen LogP) is 4.62. The Morgan fingerprint density at radius 2 is 1.83 bits per heavy atom. The first-order chi connectivity index (χ1) is 16.6. The standard InChI is InChI=1S/C26H35N5O4/c1-25(2,3)35-24(34)29-14-10-26(11-15-29)8-4-19(5-9-26)30-12-6-18-16-20(17-27-22(18)30)31-13-7-21(32)28-23(31)33/h6,12,16-17,19H,4-5,7-11,13-15H2,1-3H3,(H,28,32,33). The van der Waals surface area contributed by atoms with Gasteiger partial charge in [-0.2, -0.15) is 0 Å². The van der Waals surface area contributed by atoms with Crippen molar-refractivity contribution in [2.45, 2.75) is 77.4 Å². The monoisotopic (exact) mass is 481 g/mol. The van der Waals surface area contributed by atoms with Crippen molar-refractivity contribution in [3.05, 3.63) is 24.5 Å². The zero-order valence-corrected chi connectivity index (χ0v) is 20.9. The molecule has 2 aromatic rings. The topological polar surface area (TPSA) is 96.8 Å². The van der Waals surface area contributed by atoms with Crippen molar-refractivity contribution in [2.75, 3.05) is 24.5 Å². The zero-order chi connectivity index (χ0) is 24.8. The number of hydrogen-bond acceptors (Lipinski definition) is 5. The molecule has 4 amide bonds. The van der Waals surface area contributed by atoms with Gasteiger partial charge in [0, 0.05) is 43.7 Å². The molecule has 9 nitrogen and oxygen atoms in total. The van der Waals surface area contributed by atoms with Crippen LogP contribution in [0.25, 0.3) is 11.0 Å². The van der Waals surface area contributed by atoms with Gasteiger partial charge >= 0.3 is 12.1 Å². The maximum absolute atomic E-state index is 12.4. The third kappa shape index (κ3) is 4.86. The van der Waals surface area contributed by atoms with Gasteiger partial charge in [0.2, 0.25) is 5.91 Å². The van der Waals surface area contributed by atoms with Crippen LogP contribution in [0.3, 0.4) is 0 Å². The number of amides is 4. The Kier molecular flexibility index (Phi) is 5.97. The smallest absolute Gasteiger partial charge is 0.410 e. The maximum atomic E-state index is 12.4. The molecular weight excluding hydrogens is 446 g/mol. The van der Waals surface area contributed by atoms with Crippen LogP contribution in [0.5, 0.6) is 0 Å². The predicted molar refractivity (Wildman–Crippen MR) is 132 cm³/mol. The quantitative estimate of drug-likeness (QED) is 0.675. The van der Waals surface area contributed by atoms with Crippen LogP contribution in [0.4, 0.5) is 15.3 Å². The van der Waals surface area contributed by atoms with Gasteiger partial charge in [0.15, 0.2) is 0 Å². The van der Waals surface area contributed by atoms with Crippen LogP contribution in [0.2, 0.25) is 0 Å². The number of likely N-dealkylation sites (tertiary alicyclic amines) is 1. The van der Waals surface area contributed by atoms with Gasteiger partial charge in [0.05, 0.1) is 11.9 Å². The van der Waals surface area contributed by atoms with Crippen molar-refractivity contribution in [1.29, 1.82) is 0 Å². The summed E-state index contributed by atoms with van der Waals surface area (Å²) in [5, 5.41) is 3.36. The van der Waals surface area contributed by atoms with E-state index in [1.54, 1.807) is 11.1 Å². The lowest BCUT2D eigenvalue weighted by molar-refractivity contribution is -0.120. The maximum Gasteiger partial charge on any atom is 0.410 e. The van der Waals surface area contributed by atoms with Crippen molar-refractivity contribution in [3.8, 4) is 0 Å². The zero-order valence-electron chi connectivity index (χ0n) is 20.9. The second-order valence-electron chi connectivity index (χ2n) is 11.3. The molecule has 2 aromatic heterocycles. The number of pyridine rings is 1. The fraction of sp³-hybridized carbons (Fsp3) is 0.615. The summed E-state index contributed by atoms with van der Waals surface area (Å²) in [7, 11) is 0. The third-order valence-electron chi connectivity index (χ3n) is 7.79. The molecule has 1 N–H and O–H groups in total. The number of aromatic nitrogens is 2. The van der Waals surface area contributed by atoms with Gasteiger partial charge < -0.3 is 14.2 Å². The lowest BCUT2D eigenvalue weighted by Crippen LogP contribution is -2.49. The minimum Gasteiger partial charge on any atom is -0.444 e. The molecular formula is C26H35N5O4. The van der Waals surface area contributed by atoms with E-state index in [1.165, 1.54) is 0 Å². The summed E-state index contributed by atoms with van der Waals surface area (Å²) < 4.78 is 7.83. The average Bonchev–Trinajstić information content (AvgIpc) is 3.22. The van der Waals surface area contributed by atoms with E-state index < -0.39 is 11.6 Å². The molecule has 3 fully saturated rings. The van der Waals surface area contributed by atoms with Crippen LogP contribution in [-0.4, -0.2) is 57.7 Å². The number of ether oxygens (including phenoxy) is 1. The number of nitrogens with zero attached hydrogens (tertiary/aromatic N) is 4. The number of piperidine rings is 1.